The minimum atomic E-state index is -0.439. The van der Waals surface area contributed by atoms with Gasteiger partial charge in [0.1, 0.15) is 17.0 Å². The van der Waals surface area contributed by atoms with Gasteiger partial charge in [-0.15, -0.1) is 12.4 Å². The molecule has 4 fully saturated rings. The van der Waals surface area contributed by atoms with Crippen molar-refractivity contribution in [3.05, 3.63) is 0 Å². The first-order valence-electron chi connectivity index (χ1n) is 11.8. The molecule has 2 N–H and O–H groups in total. The minimum absolute atomic E-state index is 0. The molecule has 8 nitrogen and oxygen atoms in total. The number of nitrogens with two attached hydrogens (primary N) is 1. The number of hydrogen-bond acceptors (Lipinski definition) is 6. The molecular weight excluding hydrogens is 446 g/mol. The maximum Gasteiger partial charge on any atom is 0.410 e. The Morgan fingerprint density at radius 2 is 1.33 bits per heavy atom. The second kappa shape index (κ2) is 9.61. The van der Waals surface area contributed by atoms with Crippen LogP contribution in [0.3, 0.4) is 0 Å². The van der Waals surface area contributed by atoms with Gasteiger partial charge in [-0.25, -0.2) is 9.59 Å². The highest BCUT2D eigenvalue weighted by Gasteiger charge is 2.51. The molecule has 4 aliphatic rings. The quantitative estimate of drug-likeness (QED) is 0.551. The number of carbonyl (C=O) groups is 3. The van der Waals surface area contributed by atoms with E-state index in [-0.39, 0.29) is 30.0 Å². The van der Waals surface area contributed by atoms with Crippen LogP contribution in [0, 0.1) is 10.8 Å². The molecule has 0 aromatic rings. The monoisotopic (exact) mass is 487 g/mol. The van der Waals surface area contributed by atoms with Crippen LogP contribution in [-0.2, 0) is 14.3 Å². The molecule has 2 aliphatic carbocycles. The Kier molecular flexibility index (Phi) is 8.06. The number of likely N-dealkylation sites (tertiary alicyclic amines) is 2. The van der Waals surface area contributed by atoms with Crippen LogP contribution in [0.5, 0.6) is 0 Å². The van der Waals surface area contributed by atoms with Crippen LogP contribution in [0.25, 0.3) is 0 Å². The highest BCUT2D eigenvalue weighted by Crippen LogP contribution is 2.45. The van der Waals surface area contributed by atoms with E-state index in [1.165, 1.54) is 0 Å². The first-order chi connectivity index (χ1) is 14.6. The highest BCUT2D eigenvalue weighted by molar-refractivity contribution is 5.85. The van der Waals surface area contributed by atoms with Crippen molar-refractivity contribution in [1.82, 2.24) is 9.80 Å². The molecule has 0 bridgehead atoms. The van der Waals surface area contributed by atoms with Crippen molar-refractivity contribution in [3.63, 3.8) is 0 Å². The molecule has 0 aromatic heterocycles. The fourth-order valence-corrected chi connectivity index (χ4v) is 5.25. The lowest BCUT2D eigenvalue weighted by molar-refractivity contribution is -0.119. The van der Waals surface area contributed by atoms with Crippen LogP contribution in [0.2, 0.25) is 0 Å². The Labute approximate surface area is 204 Å². The molecule has 33 heavy (non-hydrogen) atoms. The Morgan fingerprint density at radius 3 is 1.67 bits per heavy atom. The molecule has 1 atom stereocenters. The van der Waals surface area contributed by atoms with Crippen LogP contribution >= 0.6 is 12.4 Å². The van der Waals surface area contributed by atoms with Gasteiger partial charge in [-0.1, -0.05) is 0 Å². The minimum Gasteiger partial charge on any atom is -0.444 e. The summed E-state index contributed by atoms with van der Waals surface area (Å²) in [5, 5.41) is 0. The van der Waals surface area contributed by atoms with Crippen molar-refractivity contribution in [2.24, 2.45) is 16.6 Å². The molecule has 190 valence electrons. The van der Waals surface area contributed by atoms with E-state index in [9.17, 15) is 14.4 Å². The summed E-state index contributed by atoms with van der Waals surface area (Å²) < 4.78 is 10.6. The van der Waals surface area contributed by atoms with Crippen LogP contribution in [0.15, 0.2) is 0 Å². The molecule has 9 heteroatoms. The standard InChI is InChI=1S/C12H22N2O2.C12H19NO3.ClH/c1-11(2,3)16-10(15)14-7-12(8-14)5-4-9(13)6-12;1-11(2,3)16-10(15)13-7-12(8-13)5-4-9(14)6-12;/h9H,4-8,13H2,1-3H3;4-8H2,1-3H3;1H/t9-;;/m1../s1. The van der Waals surface area contributed by atoms with E-state index in [2.05, 4.69) is 0 Å². The number of Topliss-reactive ketones (excluding diaryl/α,β-unsaturated/α-hetero) is 1. The summed E-state index contributed by atoms with van der Waals surface area (Å²) in [5.41, 5.74) is 5.48. The van der Waals surface area contributed by atoms with E-state index in [0.29, 0.717) is 43.2 Å². The predicted molar refractivity (Wildman–Crippen MR) is 128 cm³/mol. The van der Waals surface area contributed by atoms with Crippen LogP contribution < -0.4 is 5.73 Å². The molecule has 0 aromatic carbocycles. The number of carbonyl (C=O) groups excluding carboxylic acids is 3. The van der Waals surface area contributed by atoms with Crippen molar-refractivity contribution in [1.29, 1.82) is 0 Å². The normalized spacial score (nSPS) is 24.9. The fraction of sp³-hybridized carbons (Fsp3) is 0.875. The smallest absolute Gasteiger partial charge is 0.410 e. The van der Waals surface area contributed by atoms with Gasteiger partial charge in [-0.2, -0.15) is 0 Å². The number of nitrogens with zero attached hydrogens (tertiary/aromatic N) is 2. The SMILES string of the molecule is CC(C)(C)OC(=O)N1CC2(CCC(=O)C2)C1.CC(C)(C)OC(=O)N1CC2(CC[C@@H](N)C2)C1.Cl. The summed E-state index contributed by atoms with van der Waals surface area (Å²) in [5.74, 6) is 0.337. The molecule has 4 rings (SSSR count). The lowest BCUT2D eigenvalue weighted by Crippen LogP contribution is -2.58. The van der Waals surface area contributed by atoms with Crippen molar-refractivity contribution < 1.29 is 23.9 Å². The average Bonchev–Trinajstić information content (AvgIpc) is 3.13. The van der Waals surface area contributed by atoms with Crippen LogP contribution in [-0.4, -0.2) is 71.2 Å². The van der Waals surface area contributed by atoms with Crippen molar-refractivity contribution >= 4 is 30.4 Å². The fourth-order valence-electron chi connectivity index (χ4n) is 5.25. The zero-order valence-electron chi connectivity index (χ0n) is 21.1. The first-order valence-corrected chi connectivity index (χ1v) is 11.8. The third-order valence-electron chi connectivity index (χ3n) is 6.66. The van der Waals surface area contributed by atoms with Gasteiger partial charge >= 0.3 is 12.2 Å². The van der Waals surface area contributed by atoms with Gasteiger partial charge in [0.15, 0.2) is 0 Å². The van der Waals surface area contributed by atoms with Gasteiger partial charge in [0.25, 0.3) is 0 Å². The molecule has 0 unspecified atom stereocenters. The van der Waals surface area contributed by atoms with Gasteiger partial charge < -0.3 is 25.0 Å². The average molecular weight is 488 g/mol. The maximum atomic E-state index is 11.7. The maximum absolute atomic E-state index is 11.7. The number of halogens is 1. The Hall–Kier alpha value is -1.54. The molecule has 2 saturated carbocycles. The van der Waals surface area contributed by atoms with Crippen LogP contribution in [0.4, 0.5) is 9.59 Å². The Morgan fingerprint density at radius 1 is 0.879 bits per heavy atom. The van der Waals surface area contributed by atoms with E-state index in [0.717, 1.165) is 38.8 Å². The molecule has 2 heterocycles. The van der Waals surface area contributed by atoms with E-state index in [1.807, 2.05) is 41.5 Å². The topological polar surface area (TPSA) is 102 Å². The van der Waals surface area contributed by atoms with Gasteiger partial charge in [0.2, 0.25) is 0 Å². The molecule has 2 aliphatic heterocycles. The predicted octanol–water partition coefficient (Wildman–Crippen LogP) is 4.13. The summed E-state index contributed by atoms with van der Waals surface area (Å²) in [6, 6.07) is 0.334. The summed E-state index contributed by atoms with van der Waals surface area (Å²) in [6.07, 6.45) is 5.15. The zero-order valence-corrected chi connectivity index (χ0v) is 21.9. The number of ether oxygens (including phenoxy) is 2. The summed E-state index contributed by atoms with van der Waals surface area (Å²) in [7, 11) is 0. The second-order valence-corrected chi connectivity index (χ2v) is 12.4. The highest BCUT2D eigenvalue weighted by atomic mass is 35.5. The Balaban J connectivity index is 0.000000227. The molecular formula is C24H42ClN3O5. The van der Waals surface area contributed by atoms with E-state index >= 15 is 0 Å². The first kappa shape index (κ1) is 27.7. The van der Waals surface area contributed by atoms with Crippen molar-refractivity contribution in [3.8, 4) is 0 Å². The zero-order chi connectivity index (χ0) is 23.9. The Bertz CT molecular complexity index is 746. The molecule has 2 saturated heterocycles. The number of ketones is 1. The third-order valence-corrected chi connectivity index (χ3v) is 6.66. The van der Waals surface area contributed by atoms with E-state index in [4.69, 9.17) is 15.2 Å². The number of amides is 2. The second-order valence-electron chi connectivity index (χ2n) is 12.4. The largest absolute Gasteiger partial charge is 0.444 e. The lowest BCUT2D eigenvalue weighted by atomic mass is 9.78. The number of hydrogen-bond donors (Lipinski definition) is 1. The van der Waals surface area contributed by atoms with Crippen molar-refractivity contribution in [2.75, 3.05) is 26.2 Å². The van der Waals surface area contributed by atoms with E-state index in [1.54, 1.807) is 9.80 Å². The lowest BCUT2D eigenvalue weighted by Gasteiger charge is -2.48. The van der Waals surface area contributed by atoms with Gasteiger partial charge in [-0.3, -0.25) is 4.79 Å². The molecule has 2 spiro atoms. The summed E-state index contributed by atoms with van der Waals surface area (Å²) in [6.45, 7) is 14.3. The molecule has 0 radical (unpaired) electrons. The van der Waals surface area contributed by atoms with Crippen molar-refractivity contribution in [2.45, 2.75) is 97.3 Å². The molecule has 2 amide bonds. The van der Waals surface area contributed by atoms with Gasteiger partial charge in [-0.05, 0) is 67.2 Å². The third kappa shape index (κ3) is 7.22. The van der Waals surface area contributed by atoms with Gasteiger partial charge in [0.05, 0.1) is 0 Å². The summed E-state index contributed by atoms with van der Waals surface area (Å²) >= 11 is 0. The number of rotatable bonds is 0. The van der Waals surface area contributed by atoms with E-state index < -0.39 is 11.2 Å². The summed E-state index contributed by atoms with van der Waals surface area (Å²) in [4.78, 5) is 38.1. The van der Waals surface area contributed by atoms with Crippen LogP contribution in [0.1, 0.15) is 80.1 Å². The van der Waals surface area contributed by atoms with Gasteiger partial charge in [0, 0.05) is 55.9 Å².